The zero-order valence-corrected chi connectivity index (χ0v) is 11.4. The van der Waals surface area contributed by atoms with Crippen LogP contribution in [-0.2, 0) is 7.05 Å². The van der Waals surface area contributed by atoms with Gasteiger partial charge >= 0.3 is 5.69 Å². The van der Waals surface area contributed by atoms with E-state index >= 15 is 0 Å². The molecule has 2 aromatic rings. The Morgan fingerprint density at radius 3 is 2.71 bits per heavy atom. The van der Waals surface area contributed by atoms with Gasteiger partial charge in [-0.05, 0) is 29.3 Å². The normalized spacial score (nSPS) is 13.2. The van der Waals surface area contributed by atoms with Crippen LogP contribution in [0.25, 0.3) is 11.2 Å². The molecule has 92 valence electrons. The van der Waals surface area contributed by atoms with Gasteiger partial charge in [0.2, 0.25) is 0 Å². The molecule has 0 spiro atoms. The van der Waals surface area contributed by atoms with Gasteiger partial charge in [0.15, 0.2) is 15.9 Å². The molecular formula is C10H13BrN4O2. The Bertz CT molecular complexity index is 682. The Morgan fingerprint density at radius 1 is 1.47 bits per heavy atom. The van der Waals surface area contributed by atoms with Gasteiger partial charge in [-0.3, -0.25) is 14.3 Å². The lowest BCUT2D eigenvalue weighted by Crippen LogP contribution is -2.32. The predicted molar refractivity (Wildman–Crippen MR) is 68.3 cm³/mol. The van der Waals surface area contributed by atoms with Crippen molar-refractivity contribution in [3.8, 4) is 0 Å². The molecule has 0 aromatic carbocycles. The van der Waals surface area contributed by atoms with Crippen molar-refractivity contribution in [3.05, 3.63) is 25.6 Å². The van der Waals surface area contributed by atoms with Crippen LogP contribution in [0.5, 0.6) is 0 Å². The summed E-state index contributed by atoms with van der Waals surface area (Å²) in [5.74, 6) is 0. The van der Waals surface area contributed by atoms with E-state index in [0.717, 1.165) is 6.42 Å². The summed E-state index contributed by atoms with van der Waals surface area (Å²) < 4.78 is 3.66. The molecule has 0 bridgehead atoms. The third-order valence-electron chi connectivity index (χ3n) is 2.94. The van der Waals surface area contributed by atoms with E-state index in [-0.39, 0.29) is 6.04 Å². The summed E-state index contributed by atoms with van der Waals surface area (Å²) in [5, 5.41) is 0. The second kappa shape index (κ2) is 4.14. The summed E-state index contributed by atoms with van der Waals surface area (Å²) in [7, 11) is 1.72. The standard InChI is InChI=1S/C10H13BrN4O2/c1-4-5(2)15-7-6(8(16)13-10(15)17)14(3)9(11)12-7/h5H,4H2,1-3H3,(H,13,16,17). The number of nitrogens with zero attached hydrogens (tertiary/aromatic N) is 3. The molecule has 1 N–H and O–H groups in total. The first-order valence-corrected chi connectivity index (χ1v) is 6.13. The van der Waals surface area contributed by atoms with Gasteiger partial charge in [-0.25, -0.2) is 9.78 Å². The highest BCUT2D eigenvalue weighted by atomic mass is 79.9. The number of aryl methyl sites for hydroxylation is 1. The number of fused-ring (bicyclic) bond motifs is 1. The molecular weight excluding hydrogens is 288 g/mol. The number of H-pyrrole nitrogens is 1. The largest absolute Gasteiger partial charge is 0.330 e. The summed E-state index contributed by atoms with van der Waals surface area (Å²) in [6.07, 6.45) is 0.787. The van der Waals surface area contributed by atoms with Crippen molar-refractivity contribution in [2.24, 2.45) is 7.05 Å². The number of rotatable bonds is 2. The molecule has 0 saturated heterocycles. The maximum absolute atomic E-state index is 11.8. The molecule has 0 saturated carbocycles. The fourth-order valence-corrected chi connectivity index (χ4v) is 2.13. The highest BCUT2D eigenvalue weighted by Crippen LogP contribution is 2.17. The first-order valence-electron chi connectivity index (χ1n) is 5.34. The number of halogens is 1. The SMILES string of the molecule is CCC(C)n1c(=O)[nH]c(=O)c2c1nc(Br)n2C. The van der Waals surface area contributed by atoms with Gasteiger partial charge in [0.1, 0.15) is 0 Å². The third-order valence-corrected chi connectivity index (χ3v) is 3.65. The van der Waals surface area contributed by atoms with Gasteiger partial charge in [0.05, 0.1) is 0 Å². The molecule has 7 heteroatoms. The summed E-state index contributed by atoms with van der Waals surface area (Å²) >= 11 is 3.26. The lowest BCUT2D eigenvalue weighted by molar-refractivity contribution is 0.517. The Labute approximate surface area is 105 Å². The molecule has 17 heavy (non-hydrogen) atoms. The molecule has 0 aliphatic carbocycles. The monoisotopic (exact) mass is 300 g/mol. The maximum Gasteiger partial charge on any atom is 0.330 e. The molecule has 2 heterocycles. The average Bonchev–Trinajstić information content (AvgIpc) is 2.55. The molecule has 1 atom stereocenters. The van der Waals surface area contributed by atoms with Gasteiger partial charge < -0.3 is 4.57 Å². The number of hydrogen-bond acceptors (Lipinski definition) is 3. The van der Waals surface area contributed by atoms with Crippen LogP contribution in [0.1, 0.15) is 26.3 Å². The van der Waals surface area contributed by atoms with E-state index in [4.69, 9.17) is 0 Å². The van der Waals surface area contributed by atoms with Crippen LogP contribution in [0, 0.1) is 0 Å². The molecule has 1 unspecified atom stereocenters. The maximum atomic E-state index is 11.8. The minimum absolute atomic E-state index is 0.0105. The quantitative estimate of drug-likeness (QED) is 0.846. The highest BCUT2D eigenvalue weighted by molar-refractivity contribution is 9.10. The predicted octanol–water partition coefficient (Wildman–Crippen LogP) is 1.16. The van der Waals surface area contributed by atoms with Crippen LogP contribution < -0.4 is 11.2 Å². The fraction of sp³-hybridized carbons (Fsp3) is 0.500. The molecule has 0 aliphatic heterocycles. The molecule has 0 radical (unpaired) electrons. The molecule has 0 amide bonds. The first-order chi connectivity index (χ1) is 7.97. The number of imidazole rings is 1. The summed E-state index contributed by atoms with van der Waals surface area (Å²) in [6, 6.07) is -0.0105. The van der Waals surface area contributed by atoms with Gasteiger partial charge in [-0.15, -0.1) is 0 Å². The molecule has 2 aromatic heterocycles. The second-order valence-electron chi connectivity index (χ2n) is 4.00. The van der Waals surface area contributed by atoms with Crippen molar-refractivity contribution >= 4 is 27.1 Å². The second-order valence-corrected chi connectivity index (χ2v) is 4.71. The Kier molecular flexibility index (Phi) is 2.94. The number of aromatic nitrogens is 4. The minimum atomic E-state index is -0.414. The van der Waals surface area contributed by atoms with Crippen molar-refractivity contribution < 1.29 is 0 Å². The highest BCUT2D eigenvalue weighted by Gasteiger charge is 2.17. The van der Waals surface area contributed by atoms with Crippen LogP contribution in [0.2, 0.25) is 0 Å². The molecule has 6 nitrogen and oxygen atoms in total. The minimum Gasteiger partial charge on any atom is -0.316 e. The Balaban J connectivity index is 2.99. The van der Waals surface area contributed by atoms with Gasteiger partial charge in [-0.1, -0.05) is 6.92 Å². The van der Waals surface area contributed by atoms with E-state index in [1.165, 1.54) is 4.57 Å². The number of hydrogen-bond donors (Lipinski definition) is 1. The lowest BCUT2D eigenvalue weighted by Gasteiger charge is -2.12. The van der Waals surface area contributed by atoms with E-state index in [2.05, 4.69) is 25.9 Å². The smallest absolute Gasteiger partial charge is 0.316 e. The van der Waals surface area contributed by atoms with Gasteiger partial charge in [0.25, 0.3) is 5.56 Å². The summed E-state index contributed by atoms with van der Waals surface area (Å²) in [4.78, 5) is 30.1. The van der Waals surface area contributed by atoms with E-state index in [1.54, 1.807) is 11.6 Å². The van der Waals surface area contributed by atoms with E-state index < -0.39 is 11.2 Å². The first kappa shape index (κ1) is 12.1. The van der Waals surface area contributed by atoms with Crippen LogP contribution in [0.15, 0.2) is 14.3 Å². The Hall–Kier alpha value is -1.37. The van der Waals surface area contributed by atoms with Gasteiger partial charge in [0, 0.05) is 13.1 Å². The van der Waals surface area contributed by atoms with Gasteiger partial charge in [-0.2, -0.15) is 0 Å². The van der Waals surface area contributed by atoms with Crippen molar-refractivity contribution in [2.45, 2.75) is 26.3 Å². The van der Waals surface area contributed by atoms with Crippen molar-refractivity contribution in [3.63, 3.8) is 0 Å². The third kappa shape index (κ3) is 1.74. The molecule has 0 aliphatic rings. The lowest BCUT2D eigenvalue weighted by atomic mass is 10.2. The number of aromatic amines is 1. The fourth-order valence-electron chi connectivity index (χ4n) is 1.78. The van der Waals surface area contributed by atoms with Crippen LogP contribution in [0.4, 0.5) is 0 Å². The number of nitrogens with one attached hydrogen (secondary N) is 1. The zero-order valence-electron chi connectivity index (χ0n) is 9.82. The molecule has 2 rings (SSSR count). The van der Waals surface area contributed by atoms with Crippen LogP contribution in [0.3, 0.4) is 0 Å². The summed E-state index contributed by atoms with van der Waals surface area (Å²) in [5.41, 5.74) is -0.00745. The van der Waals surface area contributed by atoms with E-state index in [9.17, 15) is 9.59 Å². The van der Waals surface area contributed by atoms with Crippen molar-refractivity contribution in [2.75, 3.05) is 0 Å². The Morgan fingerprint density at radius 2 is 2.12 bits per heavy atom. The topological polar surface area (TPSA) is 72.7 Å². The zero-order chi connectivity index (χ0) is 12.7. The van der Waals surface area contributed by atoms with Crippen LogP contribution in [-0.4, -0.2) is 19.1 Å². The van der Waals surface area contributed by atoms with Crippen molar-refractivity contribution in [1.82, 2.24) is 19.1 Å². The van der Waals surface area contributed by atoms with E-state index in [0.29, 0.717) is 15.9 Å². The summed E-state index contributed by atoms with van der Waals surface area (Å²) in [6.45, 7) is 3.90. The average molecular weight is 301 g/mol. The van der Waals surface area contributed by atoms with E-state index in [1.807, 2.05) is 13.8 Å². The molecule has 0 fully saturated rings. The van der Waals surface area contributed by atoms with Crippen molar-refractivity contribution in [1.29, 1.82) is 0 Å². The van der Waals surface area contributed by atoms with Crippen LogP contribution >= 0.6 is 15.9 Å².